The van der Waals surface area contributed by atoms with Gasteiger partial charge in [0.2, 0.25) is 0 Å². The maximum atomic E-state index is 13.0. The van der Waals surface area contributed by atoms with E-state index in [-0.39, 0.29) is 10.6 Å². The number of rotatable bonds is 5. The summed E-state index contributed by atoms with van der Waals surface area (Å²) in [7, 11) is -2.39. The number of ether oxygens (including phenoxy) is 1. The Morgan fingerprint density at radius 1 is 1.00 bits per heavy atom. The van der Waals surface area contributed by atoms with Gasteiger partial charge in [-0.2, -0.15) is 0 Å². The first-order chi connectivity index (χ1) is 13.5. The smallest absolute Gasteiger partial charge is 0.265 e. The quantitative estimate of drug-likeness (QED) is 0.554. The number of pyridine rings is 1. The van der Waals surface area contributed by atoms with Crippen LogP contribution in [-0.2, 0) is 10.0 Å². The molecular weight excluding hydrogens is 374 g/mol. The highest BCUT2D eigenvalue weighted by Gasteiger charge is 2.21. The summed E-state index contributed by atoms with van der Waals surface area (Å²) in [6.07, 6.45) is 3.80. The van der Waals surface area contributed by atoms with Gasteiger partial charge in [-0.1, -0.05) is 36.4 Å². The van der Waals surface area contributed by atoms with Crippen molar-refractivity contribution in [3.63, 3.8) is 0 Å². The molecule has 0 spiro atoms. The number of methoxy groups -OCH3 is 1. The summed E-state index contributed by atoms with van der Waals surface area (Å²) in [5.41, 5.74) is 3.71. The van der Waals surface area contributed by atoms with E-state index in [0.29, 0.717) is 16.9 Å². The van der Waals surface area contributed by atoms with Crippen molar-refractivity contribution in [3.8, 4) is 17.0 Å². The molecule has 0 fully saturated rings. The van der Waals surface area contributed by atoms with Crippen LogP contribution in [0.25, 0.3) is 16.9 Å². The fraction of sp³-hybridized carbons (Fsp3) is 0.0952. The number of fused-ring (bicyclic) bond motifs is 1. The number of sulfonamides is 1. The van der Waals surface area contributed by atoms with Gasteiger partial charge in [0.25, 0.3) is 10.0 Å². The monoisotopic (exact) mass is 393 g/mol. The molecule has 2 aromatic heterocycles. The van der Waals surface area contributed by atoms with Gasteiger partial charge >= 0.3 is 0 Å². The van der Waals surface area contributed by atoms with Gasteiger partial charge in [-0.25, -0.2) is 13.4 Å². The van der Waals surface area contributed by atoms with Gasteiger partial charge in [-0.15, -0.1) is 0 Å². The van der Waals surface area contributed by atoms with Gasteiger partial charge < -0.3 is 9.14 Å². The third-order valence-corrected chi connectivity index (χ3v) is 5.89. The number of aromatic nitrogens is 2. The molecular formula is C21H19N3O3S. The van der Waals surface area contributed by atoms with Crippen molar-refractivity contribution >= 4 is 21.4 Å². The number of imidazole rings is 1. The molecule has 0 saturated carbocycles. The van der Waals surface area contributed by atoms with Crippen molar-refractivity contribution in [1.82, 2.24) is 9.38 Å². The van der Waals surface area contributed by atoms with Crippen LogP contribution in [0.2, 0.25) is 0 Å². The molecule has 0 unspecified atom stereocenters. The lowest BCUT2D eigenvalue weighted by atomic mass is 10.1. The molecule has 0 saturated heterocycles. The van der Waals surface area contributed by atoms with E-state index >= 15 is 0 Å². The van der Waals surface area contributed by atoms with Gasteiger partial charge in [0.1, 0.15) is 16.3 Å². The predicted molar refractivity (Wildman–Crippen MR) is 109 cm³/mol. The van der Waals surface area contributed by atoms with Crippen molar-refractivity contribution in [2.24, 2.45) is 0 Å². The van der Waals surface area contributed by atoms with E-state index < -0.39 is 10.0 Å². The first-order valence-corrected chi connectivity index (χ1v) is 10.2. The van der Waals surface area contributed by atoms with Crippen LogP contribution in [-0.4, -0.2) is 24.9 Å². The lowest BCUT2D eigenvalue weighted by molar-refractivity contribution is 0.403. The number of anilines is 1. The number of hydrogen-bond donors (Lipinski definition) is 1. The van der Waals surface area contributed by atoms with Crippen LogP contribution < -0.4 is 9.46 Å². The maximum Gasteiger partial charge on any atom is 0.265 e. The van der Waals surface area contributed by atoms with E-state index in [1.54, 1.807) is 30.3 Å². The normalized spacial score (nSPS) is 11.5. The molecule has 4 aromatic rings. The minimum Gasteiger partial charge on any atom is -0.495 e. The Balaban J connectivity index is 1.79. The summed E-state index contributed by atoms with van der Waals surface area (Å²) >= 11 is 0. The van der Waals surface area contributed by atoms with E-state index in [0.717, 1.165) is 11.2 Å². The van der Waals surface area contributed by atoms with Crippen molar-refractivity contribution in [2.45, 2.75) is 11.8 Å². The summed E-state index contributed by atoms with van der Waals surface area (Å²) in [5, 5.41) is 0. The van der Waals surface area contributed by atoms with E-state index in [1.165, 1.54) is 13.2 Å². The summed E-state index contributed by atoms with van der Waals surface area (Å²) in [5.74, 6) is 0.288. The zero-order chi connectivity index (χ0) is 19.7. The molecule has 2 aromatic carbocycles. The highest BCUT2D eigenvalue weighted by atomic mass is 32.2. The minimum atomic E-state index is -3.83. The van der Waals surface area contributed by atoms with E-state index in [9.17, 15) is 8.42 Å². The van der Waals surface area contributed by atoms with Crippen LogP contribution in [0.1, 0.15) is 5.56 Å². The first kappa shape index (κ1) is 18.1. The van der Waals surface area contributed by atoms with Crippen LogP contribution in [0, 0.1) is 6.92 Å². The van der Waals surface area contributed by atoms with E-state index in [4.69, 9.17) is 4.74 Å². The summed E-state index contributed by atoms with van der Waals surface area (Å²) in [6, 6.07) is 17.7. The SMILES string of the molecule is COc1ccccc1S(=O)(=O)Nc1ccccc1-c1cn2cccc(C)c2n1. The standard InChI is InChI=1S/C21H19N3O3S/c1-15-8-7-13-24-14-18(22-21(15)24)16-9-3-4-10-17(16)23-28(25,26)20-12-6-5-11-19(20)27-2/h3-14,23H,1-2H3. The third-order valence-electron chi connectivity index (χ3n) is 4.48. The Bertz CT molecular complexity index is 1260. The van der Waals surface area contributed by atoms with E-state index in [1.807, 2.05) is 48.0 Å². The number of benzene rings is 2. The molecule has 0 bridgehead atoms. The molecule has 0 amide bonds. The molecule has 0 aliphatic rings. The van der Waals surface area contributed by atoms with Gasteiger partial charge in [0.05, 0.1) is 18.5 Å². The topological polar surface area (TPSA) is 72.7 Å². The predicted octanol–water partition coefficient (Wildman–Crippen LogP) is 4.12. The van der Waals surface area contributed by atoms with Gasteiger partial charge in [-0.05, 0) is 36.8 Å². The first-order valence-electron chi connectivity index (χ1n) is 8.69. The second kappa shape index (κ2) is 7.01. The Kier molecular flexibility index (Phi) is 4.52. The number of hydrogen-bond acceptors (Lipinski definition) is 4. The van der Waals surface area contributed by atoms with Crippen molar-refractivity contribution in [3.05, 3.63) is 78.6 Å². The summed E-state index contributed by atoms with van der Waals surface area (Å²) in [4.78, 5) is 4.76. The van der Waals surface area contributed by atoms with Crippen molar-refractivity contribution < 1.29 is 13.2 Å². The molecule has 0 aliphatic heterocycles. The van der Waals surface area contributed by atoms with Gasteiger partial charge in [0.15, 0.2) is 0 Å². The Morgan fingerprint density at radius 3 is 2.54 bits per heavy atom. The molecule has 142 valence electrons. The van der Waals surface area contributed by atoms with Crippen LogP contribution >= 0.6 is 0 Å². The molecule has 6 nitrogen and oxygen atoms in total. The number of nitrogens with one attached hydrogen (secondary N) is 1. The zero-order valence-corrected chi connectivity index (χ0v) is 16.3. The molecule has 1 N–H and O–H groups in total. The van der Waals surface area contributed by atoms with Gasteiger partial charge in [0, 0.05) is 18.0 Å². The van der Waals surface area contributed by atoms with Crippen molar-refractivity contribution in [1.29, 1.82) is 0 Å². The molecule has 0 aliphatic carbocycles. The second-order valence-electron chi connectivity index (χ2n) is 6.35. The van der Waals surface area contributed by atoms with Gasteiger partial charge in [-0.3, -0.25) is 4.72 Å². The Hall–Kier alpha value is -3.32. The molecule has 2 heterocycles. The number of aryl methyl sites for hydroxylation is 1. The molecule has 0 radical (unpaired) electrons. The molecule has 28 heavy (non-hydrogen) atoms. The fourth-order valence-electron chi connectivity index (χ4n) is 3.12. The molecule has 7 heteroatoms. The number of para-hydroxylation sites is 2. The number of nitrogens with zero attached hydrogens (tertiary/aromatic N) is 2. The molecule has 0 atom stereocenters. The zero-order valence-electron chi connectivity index (χ0n) is 15.5. The average Bonchev–Trinajstić information content (AvgIpc) is 3.13. The Morgan fingerprint density at radius 2 is 1.75 bits per heavy atom. The summed E-state index contributed by atoms with van der Waals surface area (Å²) in [6.45, 7) is 1.99. The van der Waals surface area contributed by atoms with E-state index in [2.05, 4.69) is 9.71 Å². The third kappa shape index (κ3) is 3.20. The average molecular weight is 393 g/mol. The fourth-order valence-corrected chi connectivity index (χ4v) is 4.37. The van der Waals surface area contributed by atoms with Crippen molar-refractivity contribution in [2.75, 3.05) is 11.8 Å². The lowest BCUT2D eigenvalue weighted by Crippen LogP contribution is -2.14. The van der Waals surface area contributed by atoms with Crippen LogP contribution in [0.15, 0.2) is 78.0 Å². The molecule has 4 rings (SSSR count). The lowest BCUT2D eigenvalue weighted by Gasteiger charge is -2.13. The highest BCUT2D eigenvalue weighted by molar-refractivity contribution is 7.92. The van der Waals surface area contributed by atoms with Crippen LogP contribution in [0.3, 0.4) is 0 Å². The largest absolute Gasteiger partial charge is 0.495 e. The van der Waals surface area contributed by atoms with Crippen LogP contribution in [0.5, 0.6) is 5.75 Å². The summed E-state index contributed by atoms with van der Waals surface area (Å²) < 4.78 is 35.8. The van der Waals surface area contributed by atoms with Crippen LogP contribution in [0.4, 0.5) is 5.69 Å². The Labute approximate surface area is 163 Å². The maximum absolute atomic E-state index is 13.0. The second-order valence-corrected chi connectivity index (χ2v) is 8.00. The minimum absolute atomic E-state index is 0.0816. The highest BCUT2D eigenvalue weighted by Crippen LogP contribution is 2.31.